The van der Waals surface area contributed by atoms with E-state index >= 15 is 0 Å². The predicted molar refractivity (Wildman–Crippen MR) is 55.8 cm³/mol. The molecule has 1 heterocycles. The van der Waals surface area contributed by atoms with Gasteiger partial charge in [0.2, 0.25) is 5.95 Å². The van der Waals surface area contributed by atoms with Gasteiger partial charge in [0.15, 0.2) is 0 Å². The lowest BCUT2D eigenvalue weighted by molar-refractivity contribution is -0.131. The summed E-state index contributed by atoms with van der Waals surface area (Å²) in [6.07, 6.45) is -3.82. The van der Waals surface area contributed by atoms with E-state index in [-0.39, 0.29) is 17.4 Å². The number of anilines is 2. The smallest absolute Gasteiger partial charge is 0.368 e. The number of halogens is 4. The van der Waals surface area contributed by atoms with Crippen molar-refractivity contribution in [1.82, 2.24) is 9.97 Å². The molecule has 90 valence electrons. The number of aromatic nitrogens is 2. The normalized spacial score (nSPS) is 11.3. The molecular formula is C8H10ClF3N4. The molecule has 0 aliphatic heterocycles. The second-order valence-corrected chi connectivity index (χ2v) is 3.34. The molecule has 0 saturated heterocycles. The number of nitrogens with one attached hydrogen (secondary N) is 2. The molecule has 0 aliphatic rings. The number of nitrogens with zero attached hydrogens (tertiary/aromatic N) is 2. The quantitative estimate of drug-likeness (QED) is 0.867. The van der Waals surface area contributed by atoms with E-state index in [1.165, 1.54) is 6.20 Å². The third-order valence-electron chi connectivity index (χ3n) is 1.67. The van der Waals surface area contributed by atoms with Crippen LogP contribution in [0.5, 0.6) is 0 Å². The van der Waals surface area contributed by atoms with Gasteiger partial charge in [0, 0.05) is 13.6 Å². The minimum Gasteiger partial charge on any atom is -0.368 e. The highest BCUT2D eigenvalue weighted by molar-refractivity contribution is 6.32. The van der Waals surface area contributed by atoms with Crippen molar-refractivity contribution in [1.29, 1.82) is 0 Å². The standard InChI is InChI=1S/C8H10ClF3N4/c1-13-7-15-4-5(9)6(16-7)14-3-2-8(10,11)12/h4H,2-3H2,1H3,(H2,13,14,15,16). The Labute approximate surface area is 95.2 Å². The van der Waals surface area contributed by atoms with Crippen LogP contribution in [0.3, 0.4) is 0 Å². The van der Waals surface area contributed by atoms with Gasteiger partial charge >= 0.3 is 6.18 Å². The molecule has 0 aliphatic carbocycles. The molecule has 0 amide bonds. The van der Waals surface area contributed by atoms with Gasteiger partial charge in [-0.1, -0.05) is 11.6 Å². The Morgan fingerprint density at radius 1 is 1.44 bits per heavy atom. The molecule has 8 heteroatoms. The lowest BCUT2D eigenvalue weighted by Crippen LogP contribution is -2.15. The molecule has 0 fully saturated rings. The molecule has 1 rings (SSSR count). The highest BCUT2D eigenvalue weighted by atomic mass is 35.5. The van der Waals surface area contributed by atoms with Crippen molar-refractivity contribution < 1.29 is 13.2 Å². The van der Waals surface area contributed by atoms with E-state index in [0.29, 0.717) is 5.95 Å². The average molecular weight is 255 g/mol. The Morgan fingerprint density at radius 3 is 2.69 bits per heavy atom. The average Bonchev–Trinajstić information content (AvgIpc) is 2.19. The van der Waals surface area contributed by atoms with Gasteiger partial charge in [-0.05, 0) is 0 Å². The summed E-state index contributed by atoms with van der Waals surface area (Å²) >= 11 is 5.71. The van der Waals surface area contributed by atoms with Crippen molar-refractivity contribution in [2.75, 3.05) is 24.2 Å². The van der Waals surface area contributed by atoms with Gasteiger partial charge < -0.3 is 10.6 Å². The van der Waals surface area contributed by atoms with Crippen molar-refractivity contribution in [3.05, 3.63) is 11.2 Å². The maximum atomic E-state index is 11.9. The van der Waals surface area contributed by atoms with Crippen LogP contribution in [0.4, 0.5) is 24.9 Å². The van der Waals surface area contributed by atoms with Crippen molar-refractivity contribution in [3.8, 4) is 0 Å². The van der Waals surface area contributed by atoms with Crippen LogP contribution in [-0.4, -0.2) is 29.7 Å². The molecular weight excluding hydrogens is 245 g/mol. The van der Waals surface area contributed by atoms with E-state index in [1.807, 2.05) is 0 Å². The molecule has 0 bridgehead atoms. The fourth-order valence-corrected chi connectivity index (χ4v) is 1.09. The minimum atomic E-state index is -4.20. The van der Waals surface area contributed by atoms with Crippen LogP contribution in [0.1, 0.15) is 6.42 Å². The number of hydrogen-bond donors (Lipinski definition) is 2. The van der Waals surface area contributed by atoms with E-state index in [0.717, 1.165) is 0 Å². The maximum absolute atomic E-state index is 11.9. The number of alkyl halides is 3. The van der Waals surface area contributed by atoms with Gasteiger partial charge in [-0.25, -0.2) is 4.98 Å². The Balaban J connectivity index is 2.59. The second kappa shape index (κ2) is 5.20. The maximum Gasteiger partial charge on any atom is 0.390 e. The van der Waals surface area contributed by atoms with Crippen LogP contribution in [-0.2, 0) is 0 Å². The molecule has 0 atom stereocenters. The highest BCUT2D eigenvalue weighted by Gasteiger charge is 2.26. The van der Waals surface area contributed by atoms with E-state index in [1.54, 1.807) is 7.05 Å². The summed E-state index contributed by atoms with van der Waals surface area (Å²) in [5, 5.41) is 5.34. The molecule has 0 unspecified atom stereocenters. The highest BCUT2D eigenvalue weighted by Crippen LogP contribution is 2.22. The van der Waals surface area contributed by atoms with Crippen LogP contribution in [0.25, 0.3) is 0 Å². The van der Waals surface area contributed by atoms with Crippen molar-refractivity contribution in [3.63, 3.8) is 0 Å². The fourth-order valence-electron chi connectivity index (χ4n) is 0.934. The summed E-state index contributed by atoms with van der Waals surface area (Å²) in [5.74, 6) is 0.476. The van der Waals surface area contributed by atoms with Crippen molar-refractivity contribution in [2.24, 2.45) is 0 Å². The molecule has 0 spiro atoms. The van der Waals surface area contributed by atoms with Crippen LogP contribution in [0.15, 0.2) is 6.20 Å². The van der Waals surface area contributed by atoms with Crippen molar-refractivity contribution in [2.45, 2.75) is 12.6 Å². The Bertz CT molecular complexity index is 356. The Kier molecular flexibility index (Phi) is 4.17. The van der Waals surface area contributed by atoms with Gasteiger partial charge in [0.25, 0.3) is 0 Å². The number of rotatable bonds is 4. The molecule has 0 radical (unpaired) electrons. The largest absolute Gasteiger partial charge is 0.390 e. The molecule has 0 saturated carbocycles. The monoisotopic (exact) mass is 254 g/mol. The van der Waals surface area contributed by atoms with Crippen LogP contribution in [0.2, 0.25) is 5.02 Å². The first-order valence-corrected chi connectivity index (χ1v) is 4.81. The van der Waals surface area contributed by atoms with E-state index < -0.39 is 12.6 Å². The van der Waals surface area contributed by atoms with Gasteiger partial charge in [0.1, 0.15) is 10.8 Å². The number of hydrogen-bond acceptors (Lipinski definition) is 4. The Hall–Kier alpha value is -1.24. The summed E-state index contributed by atoms with van der Waals surface area (Å²) in [5.41, 5.74) is 0. The summed E-state index contributed by atoms with van der Waals surface area (Å²) in [4.78, 5) is 7.68. The molecule has 4 nitrogen and oxygen atoms in total. The van der Waals surface area contributed by atoms with Crippen molar-refractivity contribution >= 4 is 23.4 Å². The lowest BCUT2D eigenvalue weighted by atomic mass is 10.4. The topological polar surface area (TPSA) is 49.8 Å². The van der Waals surface area contributed by atoms with Gasteiger partial charge in [0.05, 0.1) is 12.6 Å². The second-order valence-electron chi connectivity index (χ2n) is 2.93. The van der Waals surface area contributed by atoms with Crippen LogP contribution < -0.4 is 10.6 Å². The zero-order chi connectivity index (χ0) is 12.2. The van der Waals surface area contributed by atoms with Crippen LogP contribution in [0, 0.1) is 0 Å². The van der Waals surface area contributed by atoms with Gasteiger partial charge in [-0.3, -0.25) is 0 Å². The summed E-state index contributed by atoms with van der Waals surface area (Å²) in [6, 6.07) is 0. The van der Waals surface area contributed by atoms with E-state index in [9.17, 15) is 13.2 Å². The first-order valence-electron chi connectivity index (χ1n) is 4.43. The zero-order valence-corrected chi connectivity index (χ0v) is 9.15. The molecule has 1 aromatic rings. The summed E-state index contributed by atoms with van der Waals surface area (Å²) in [7, 11) is 1.60. The first-order chi connectivity index (χ1) is 7.42. The first kappa shape index (κ1) is 12.8. The van der Waals surface area contributed by atoms with Crippen LogP contribution >= 0.6 is 11.6 Å². The van der Waals surface area contributed by atoms with Gasteiger partial charge in [-0.2, -0.15) is 18.2 Å². The SMILES string of the molecule is CNc1ncc(Cl)c(NCCC(F)(F)F)n1. The zero-order valence-electron chi connectivity index (χ0n) is 8.40. The summed E-state index contributed by atoms with van der Waals surface area (Å²) < 4.78 is 35.7. The third kappa shape index (κ3) is 4.09. The minimum absolute atomic E-state index is 0.182. The summed E-state index contributed by atoms with van der Waals surface area (Å²) in [6.45, 7) is -0.274. The molecule has 0 aromatic carbocycles. The molecule has 2 N–H and O–H groups in total. The molecule has 1 aromatic heterocycles. The van der Waals surface area contributed by atoms with E-state index in [2.05, 4.69) is 20.6 Å². The lowest BCUT2D eigenvalue weighted by Gasteiger charge is -2.10. The Morgan fingerprint density at radius 2 is 2.12 bits per heavy atom. The molecule has 16 heavy (non-hydrogen) atoms. The predicted octanol–water partition coefficient (Wildman–Crippen LogP) is 2.54. The third-order valence-corrected chi connectivity index (χ3v) is 1.95. The van der Waals surface area contributed by atoms with E-state index in [4.69, 9.17) is 11.6 Å². The van der Waals surface area contributed by atoms with Gasteiger partial charge in [-0.15, -0.1) is 0 Å². The fraction of sp³-hybridized carbons (Fsp3) is 0.500.